The van der Waals surface area contributed by atoms with Crippen LogP contribution in [0.1, 0.15) is 35.1 Å². The number of hydrogen-bond donors (Lipinski definition) is 0. The Kier molecular flexibility index (Phi) is 3.23. The Balaban J connectivity index is 1.98. The third-order valence-electron chi connectivity index (χ3n) is 4.43. The van der Waals surface area contributed by atoms with E-state index in [9.17, 15) is 4.79 Å². The molecule has 116 valence electrons. The predicted molar refractivity (Wildman–Crippen MR) is 90.0 cm³/mol. The molecule has 2 heterocycles. The van der Waals surface area contributed by atoms with E-state index >= 15 is 0 Å². The Morgan fingerprint density at radius 2 is 1.96 bits per heavy atom. The van der Waals surface area contributed by atoms with Gasteiger partial charge in [-0.3, -0.25) is 4.79 Å². The van der Waals surface area contributed by atoms with Crippen molar-refractivity contribution in [3.63, 3.8) is 0 Å². The van der Waals surface area contributed by atoms with E-state index in [2.05, 4.69) is 17.0 Å². The van der Waals surface area contributed by atoms with E-state index in [1.54, 1.807) is 6.20 Å². The number of nitrogens with zero attached hydrogens (tertiary/aromatic N) is 3. The normalized spacial score (nSPS) is 17.5. The maximum Gasteiger partial charge on any atom is 0.166 e. The monoisotopic (exact) mass is 325 g/mol. The minimum atomic E-state index is 0.161. The SMILES string of the molecule is Cc1nn2c3c(cnc2c1-c1ccc(Cl)cc1)C(=O)CC(C)C3. The van der Waals surface area contributed by atoms with E-state index in [4.69, 9.17) is 11.6 Å². The molecule has 23 heavy (non-hydrogen) atoms. The molecule has 0 spiro atoms. The van der Waals surface area contributed by atoms with Crippen LogP contribution in [0.15, 0.2) is 30.5 Å². The molecule has 0 saturated heterocycles. The van der Waals surface area contributed by atoms with Crippen molar-refractivity contribution in [2.45, 2.75) is 26.7 Å². The van der Waals surface area contributed by atoms with Crippen molar-refractivity contribution in [1.82, 2.24) is 14.6 Å². The van der Waals surface area contributed by atoms with Gasteiger partial charge in [0.1, 0.15) is 0 Å². The maximum absolute atomic E-state index is 12.2. The molecule has 0 amide bonds. The highest BCUT2D eigenvalue weighted by Gasteiger charge is 2.27. The zero-order chi connectivity index (χ0) is 16.1. The first-order chi connectivity index (χ1) is 11.0. The predicted octanol–water partition coefficient (Wildman–Crippen LogP) is 4.12. The molecule has 1 aromatic carbocycles. The molecule has 0 saturated carbocycles. The van der Waals surface area contributed by atoms with Crippen molar-refractivity contribution in [1.29, 1.82) is 0 Å². The minimum Gasteiger partial charge on any atom is -0.294 e. The van der Waals surface area contributed by atoms with Gasteiger partial charge in [-0.05, 0) is 37.0 Å². The van der Waals surface area contributed by atoms with Crippen LogP contribution in [0.25, 0.3) is 16.8 Å². The first kappa shape index (κ1) is 14.4. The summed E-state index contributed by atoms with van der Waals surface area (Å²) in [5.74, 6) is 0.499. The second-order valence-corrected chi connectivity index (χ2v) is 6.69. The van der Waals surface area contributed by atoms with Gasteiger partial charge >= 0.3 is 0 Å². The highest BCUT2D eigenvalue weighted by Crippen LogP contribution is 2.32. The summed E-state index contributed by atoms with van der Waals surface area (Å²) in [6.07, 6.45) is 3.14. The lowest BCUT2D eigenvalue weighted by Crippen LogP contribution is -2.21. The van der Waals surface area contributed by atoms with Crippen LogP contribution in [0.3, 0.4) is 0 Å². The fourth-order valence-corrected chi connectivity index (χ4v) is 3.48. The quantitative estimate of drug-likeness (QED) is 0.676. The first-order valence-corrected chi connectivity index (χ1v) is 8.08. The van der Waals surface area contributed by atoms with Crippen molar-refractivity contribution in [2.24, 2.45) is 5.92 Å². The number of carbonyl (C=O) groups is 1. The van der Waals surface area contributed by atoms with Crippen LogP contribution >= 0.6 is 11.6 Å². The zero-order valence-corrected chi connectivity index (χ0v) is 13.8. The van der Waals surface area contributed by atoms with Crippen molar-refractivity contribution in [2.75, 3.05) is 0 Å². The fraction of sp³-hybridized carbons (Fsp3) is 0.278. The number of Topliss-reactive ketones (excluding diaryl/α,β-unsaturated/α-hetero) is 1. The number of ketones is 1. The van der Waals surface area contributed by atoms with E-state index in [0.29, 0.717) is 22.9 Å². The largest absolute Gasteiger partial charge is 0.294 e. The molecular weight excluding hydrogens is 310 g/mol. The number of benzene rings is 1. The van der Waals surface area contributed by atoms with Gasteiger partial charge < -0.3 is 0 Å². The van der Waals surface area contributed by atoms with E-state index in [0.717, 1.165) is 34.6 Å². The summed E-state index contributed by atoms with van der Waals surface area (Å²) in [6, 6.07) is 7.68. The Labute approximate surface area is 139 Å². The lowest BCUT2D eigenvalue weighted by Gasteiger charge is -2.20. The van der Waals surface area contributed by atoms with Gasteiger partial charge in [0, 0.05) is 23.2 Å². The van der Waals surface area contributed by atoms with Crippen LogP contribution in [0, 0.1) is 12.8 Å². The van der Waals surface area contributed by atoms with Crippen molar-refractivity contribution in [3.8, 4) is 11.1 Å². The highest BCUT2D eigenvalue weighted by molar-refractivity contribution is 6.30. The van der Waals surface area contributed by atoms with Crippen molar-refractivity contribution in [3.05, 3.63) is 52.4 Å². The molecule has 4 nitrogen and oxygen atoms in total. The minimum absolute atomic E-state index is 0.161. The standard InChI is InChI=1S/C18H16ClN3O/c1-10-7-15-14(16(23)8-10)9-20-18-17(11(2)21-22(15)18)12-3-5-13(19)6-4-12/h3-6,9-10H,7-8H2,1-2H3. The molecule has 0 bridgehead atoms. The summed E-state index contributed by atoms with van der Waals surface area (Å²) in [4.78, 5) is 16.8. The summed E-state index contributed by atoms with van der Waals surface area (Å²) in [7, 11) is 0. The summed E-state index contributed by atoms with van der Waals surface area (Å²) >= 11 is 5.98. The van der Waals surface area contributed by atoms with Gasteiger partial charge in [0.05, 0.1) is 17.0 Å². The van der Waals surface area contributed by atoms with Gasteiger partial charge in [-0.25, -0.2) is 9.50 Å². The van der Waals surface area contributed by atoms with Gasteiger partial charge in [-0.15, -0.1) is 0 Å². The molecule has 0 N–H and O–H groups in total. The van der Waals surface area contributed by atoms with Crippen molar-refractivity contribution >= 4 is 23.0 Å². The number of fused-ring (bicyclic) bond motifs is 3. The number of aromatic nitrogens is 3. The average molecular weight is 326 g/mol. The molecule has 0 fully saturated rings. The molecule has 4 rings (SSSR count). The van der Waals surface area contributed by atoms with Crippen molar-refractivity contribution < 1.29 is 4.79 Å². The smallest absolute Gasteiger partial charge is 0.166 e. The lowest BCUT2D eigenvalue weighted by atomic mass is 9.88. The van der Waals surface area contributed by atoms with E-state index < -0.39 is 0 Å². The molecule has 0 radical (unpaired) electrons. The number of aryl methyl sites for hydroxylation is 1. The van der Waals surface area contributed by atoms with Crippen LogP contribution in [0.5, 0.6) is 0 Å². The Hall–Kier alpha value is -2.20. The van der Waals surface area contributed by atoms with Crippen LogP contribution in [0.2, 0.25) is 5.02 Å². The Bertz CT molecular complexity index is 928. The van der Waals surface area contributed by atoms with Gasteiger partial charge in [-0.2, -0.15) is 5.10 Å². The molecule has 2 aromatic heterocycles. The summed E-state index contributed by atoms with van der Waals surface area (Å²) in [5.41, 5.74) is 5.41. The Morgan fingerprint density at radius 3 is 2.70 bits per heavy atom. The number of rotatable bonds is 1. The maximum atomic E-state index is 12.2. The van der Waals surface area contributed by atoms with E-state index in [1.165, 1.54) is 0 Å². The Morgan fingerprint density at radius 1 is 1.22 bits per heavy atom. The molecule has 1 atom stereocenters. The molecule has 1 aliphatic rings. The molecule has 3 aromatic rings. The van der Waals surface area contributed by atoms with E-state index in [-0.39, 0.29) is 5.78 Å². The number of halogens is 1. The lowest BCUT2D eigenvalue weighted by molar-refractivity contribution is 0.0951. The van der Waals surface area contributed by atoms with Gasteiger partial charge in [0.25, 0.3) is 0 Å². The second-order valence-electron chi connectivity index (χ2n) is 6.26. The highest BCUT2D eigenvalue weighted by atomic mass is 35.5. The zero-order valence-electron chi connectivity index (χ0n) is 13.0. The van der Waals surface area contributed by atoms with Crippen LogP contribution < -0.4 is 0 Å². The second kappa shape index (κ2) is 5.17. The van der Waals surface area contributed by atoms with Gasteiger partial charge in [0.15, 0.2) is 11.4 Å². The third kappa shape index (κ3) is 2.25. The summed E-state index contributed by atoms with van der Waals surface area (Å²) in [6.45, 7) is 4.07. The fourth-order valence-electron chi connectivity index (χ4n) is 3.35. The van der Waals surface area contributed by atoms with Gasteiger partial charge in [0.2, 0.25) is 0 Å². The third-order valence-corrected chi connectivity index (χ3v) is 4.68. The topological polar surface area (TPSA) is 47.3 Å². The molecule has 5 heteroatoms. The van der Waals surface area contributed by atoms with Crippen LogP contribution in [-0.4, -0.2) is 20.4 Å². The first-order valence-electron chi connectivity index (χ1n) is 7.71. The number of carbonyl (C=O) groups excluding carboxylic acids is 1. The van der Waals surface area contributed by atoms with Crippen LogP contribution in [-0.2, 0) is 6.42 Å². The summed E-state index contributed by atoms with van der Waals surface area (Å²) in [5, 5.41) is 5.36. The van der Waals surface area contributed by atoms with E-state index in [1.807, 2.05) is 35.7 Å². The van der Waals surface area contributed by atoms with Crippen LogP contribution in [0.4, 0.5) is 0 Å². The molecule has 0 aliphatic heterocycles. The molecule has 1 unspecified atom stereocenters. The molecule has 1 aliphatic carbocycles. The number of hydrogen-bond acceptors (Lipinski definition) is 3. The van der Waals surface area contributed by atoms with Gasteiger partial charge in [-0.1, -0.05) is 30.7 Å². The molecular formula is C18H16ClN3O. The average Bonchev–Trinajstić information content (AvgIpc) is 2.85. The summed E-state index contributed by atoms with van der Waals surface area (Å²) < 4.78 is 1.85.